The molecule has 8 heteroatoms. The fourth-order valence-corrected chi connectivity index (χ4v) is 4.56. The predicted molar refractivity (Wildman–Crippen MR) is 123 cm³/mol. The lowest BCUT2D eigenvalue weighted by Crippen LogP contribution is -2.25. The summed E-state index contributed by atoms with van der Waals surface area (Å²) in [5.41, 5.74) is 5.71. The van der Waals surface area contributed by atoms with E-state index in [0.29, 0.717) is 31.1 Å². The van der Waals surface area contributed by atoms with E-state index in [4.69, 9.17) is 4.98 Å². The molecule has 3 aromatic rings. The van der Waals surface area contributed by atoms with Crippen molar-refractivity contribution < 1.29 is 4.79 Å². The summed E-state index contributed by atoms with van der Waals surface area (Å²) in [6.07, 6.45) is 8.19. The average Bonchev–Trinajstić information content (AvgIpc) is 3.38. The number of rotatable bonds is 5. The molecule has 0 unspecified atom stereocenters. The quantitative estimate of drug-likeness (QED) is 0.637. The highest BCUT2D eigenvalue weighted by Gasteiger charge is 2.30. The molecule has 0 aromatic carbocycles. The zero-order chi connectivity index (χ0) is 22.3. The summed E-state index contributed by atoms with van der Waals surface area (Å²) in [7, 11) is 0. The lowest BCUT2D eigenvalue weighted by molar-refractivity contribution is -0.117. The first-order chi connectivity index (χ1) is 15.4. The molecule has 166 valence electrons. The second-order valence-electron chi connectivity index (χ2n) is 9.61. The highest BCUT2D eigenvalue weighted by molar-refractivity contribution is 5.95. The molecule has 0 spiro atoms. The molecule has 1 fully saturated rings. The molecular formula is C24H29N7O. The van der Waals surface area contributed by atoms with Crippen LogP contribution in [-0.4, -0.2) is 37.6 Å². The van der Waals surface area contributed by atoms with Crippen molar-refractivity contribution in [2.45, 2.75) is 59.4 Å². The molecule has 1 amide bonds. The lowest BCUT2D eigenvalue weighted by Gasteiger charge is -2.29. The monoisotopic (exact) mass is 431 g/mol. The van der Waals surface area contributed by atoms with E-state index in [1.54, 1.807) is 4.90 Å². The SMILES string of the molecule is Cc1ncc(CNc2cc(-c3n[nH]c4c3CCC(C)(C)C4)cc(N3CCCC3=O)n2)cn1. The fraction of sp³-hybridized carbons (Fsp3) is 0.458. The van der Waals surface area contributed by atoms with Gasteiger partial charge in [-0.15, -0.1) is 0 Å². The van der Waals surface area contributed by atoms with Gasteiger partial charge in [-0.3, -0.25) is 14.8 Å². The van der Waals surface area contributed by atoms with Gasteiger partial charge in [-0.1, -0.05) is 13.8 Å². The minimum atomic E-state index is 0.123. The van der Waals surface area contributed by atoms with Crippen molar-refractivity contribution in [1.82, 2.24) is 25.1 Å². The number of carbonyl (C=O) groups is 1. The smallest absolute Gasteiger partial charge is 0.228 e. The van der Waals surface area contributed by atoms with E-state index in [1.165, 1.54) is 11.3 Å². The third-order valence-electron chi connectivity index (χ3n) is 6.40. The largest absolute Gasteiger partial charge is 0.366 e. The van der Waals surface area contributed by atoms with Crippen LogP contribution in [0.15, 0.2) is 24.5 Å². The standard InChI is InChI=1S/C24H29N7O/c1-15-25-12-16(13-26-15)14-27-20-9-17(10-21(28-20)31-8-4-5-22(31)32)23-18-6-7-24(2,3)11-19(18)29-30-23/h9-10,12-13H,4-8,11,14H2,1-3H3,(H,27,28)(H,29,30). The summed E-state index contributed by atoms with van der Waals surface area (Å²) in [5, 5.41) is 11.3. The Morgan fingerprint density at radius 3 is 2.75 bits per heavy atom. The first-order valence-corrected chi connectivity index (χ1v) is 11.3. The van der Waals surface area contributed by atoms with Crippen LogP contribution in [0.3, 0.4) is 0 Å². The third kappa shape index (κ3) is 4.09. The number of anilines is 2. The van der Waals surface area contributed by atoms with Gasteiger partial charge in [0.2, 0.25) is 5.91 Å². The second-order valence-corrected chi connectivity index (χ2v) is 9.61. The van der Waals surface area contributed by atoms with Gasteiger partial charge in [0, 0.05) is 54.3 Å². The fourth-order valence-electron chi connectivity index (χ4n) is 4.56. The first-order valence-electron chi connectivity index (χ1n) is 11.3. The number of H-pyrrole nitrogens is 1. The number of amides is 1. The number of hydrogen-bond acceptors (Lipinski definition) is 6. The van der Waals surface area contributed by atoms with E-state index in [0.717, 1.165) is 48.3 Å². The van der Waals surface area contributed by atoms with Crippen LogP contribution < -0.4 is 10.2 Å². The minimum absolute atomic E-state index is 0.123. The molecule has 32 heavy (non-hydrogen) atoms. The van der Waals surface area contributed by atoms with Crippen molar-refractivity contribution in [3.63, 3.8) is 0 Å². The Balaban J connectivity index is 1.49. The van der Waals surface area contributed by atoms with Crippen molar-refractivity contribution in [3.8, 4) is 11.3 Å². The van der Waals surface area contributed by atoms with Gasteiger partial charge in [0.1, 0.15) is 17.5 Å². The number of aromatic nitrogens is 5. The van der Waals surface area contributed by atoms with E-state index >= 15 is 0 Å². The molecule has 0 saturated carbocycles. The van der Waals surface area contributed by atoms with Crippen LogP contribution in [0.2, 0.25) is 0 Å². The van der Waals surface area contributed by atoms with Gasteiger partial charge >= 0.3 is 0 Å². The summed E-state index contributed by atoms with van der Waals surface area (Å²) < 4.78 is 0. The van der Waals surface area contributed by atoms with Crippen LogP contribution in [-0.2, 0) is 24.2 Å². The lowest BCUT2D eigenvalue weighted by atomic mass is 9.76. The van der Waals surface area contributed by atoms with E-state index in [2.05, 4.69) is 39.3 Å². The topological polar surface area (TPSA) is 99.7 Å². The Morgan fingerprint density at radius 1 is 1.19 bits per heavy atom. The summed E-state index contributed by atoms with van der Waals surface area (Å²) in [5.74, 6) is 2.26. The van der Waals surface area contributed by atoms with Crippen LogP contribution in [0.25, 0.3) is 11.3 Å². The van der Waals surface area contributed by atoms with Gasteiger partial charge in [-0.2, -0.15) is 5.10 Å². The minimum Gasteiger partial charge on any atom is -0.366 e. The van der Waals surface area contributed by atoms with Crippen LogP contribution in [0.5, 0.6) is 0 Å². The number of nitrogens with zero attached hydrogens (tertiary/aromatic N) is 5. The molecule has 3 aromatic heterocycles. The van der Waals surface area contributed by atoms with Crippen LogP contribution in [0.4, 0.5) is 11.6 Å². The van der Waals surface area contributed by atoms with Crippen molar-refractivity contribution >= 4 is 17.5 Å². The summed E-state index contributed by atoms with van der Waals surface area (Å²) >= 11 is 0. The summed E-state index contributed by atoms with van der Waals surface area (Å²) in [6, 6.07) is 4.02. The molecule has 1 saturated heterocycles. The van der Waals surface area contributed by atoms with Gasteiger partial charge in [-0.05, 0) is 50.2 Å². The van der Waals surface area contributed by atoms with E-state index < -0.39 is 0 Å². The Bertz CT molecular complexity index is 1150. The number of aromatic amines is 1. The zero-order valence-electron chi connectivity index (χ0n) is 18.9. The van der Waals surface area contributed by atoms with Crippen LogP contribution in [0, 0.1) is 12.3 Å². The van der Waals surface area contributed by atoms with Crippen LogP contribution >= 0.6 is 0 Å². The van der Waals surface area contributed by atoms with Crippen molar-refractivity contribution in [2.75, 3.05) is 16.8 Å². The van der Waals surface area contributed by atoms with Gasteiger partial charge < -0.3 is 5.32 Å². The predicted octanol–water partition coefficient (Wildman–Crippen LogP) is 3.82. The number of pyridine rings is 1. The molecule has 8 nitrogen and oxygen atoms in total. The number of aryl methyl sites for hydroxylation is 1. The van der Waals surface area contributed by atoms with Crippen molar-refractivity contribution in [3.05, 3.63) is 47.2 Å². The number of nitrogens with one attached hydrogen (secondary N) is 2. The molecule has 1 aliphatic heterocycles. The normalized spacial score (nSPS) is 17.5. The van der Waals surface area contributed by atoms with E-state index in [-0.39, 0.29) is 11.3 Å². The molecular weight excluding hydrogens is 402 g/mol. The van der Waals surface area contributed by atoms with Crippen molar-refractivity contribution in [2.24, 2.45) is 5.41 Å². The molecule has 0 atom stereocenters. The van der Waals surface area contributed by atoms with Gasteiger partial charge in [-0.25, -0.2) is 15.0 Å². The molecule has 4 heterocycles. The molecule has 2 aliphatic rings. The zero-order valence-corrected chi connectivity index (χ0v) is 18.9. The highest BCUT2D eigenvalue weighted by Crippen LogP contribution is 2.39. The molecule has 1 aliphatic carbocycles. The Morgan fingerprint density at radius 2 is 2.00 bits per heavy atom. The van der Waals surface area contributed by atoms with E-state index in [1.807, 2.05) is 31.5 Å². The Labute approximate surface area is 187 Å². The van der Waals surface area contributed by atoms with Gasteiger partial charge in [0.15, 0.2) is 0 Å². The number of hydrogen-bond donors (Lipinski definition) is 2. The highest BCUT2D eigenvalue weighted by atomic mass is 16.2. The van der Waals surface area contributed by atoms with Gasteiger partial charge in [0.05, 0.1) is 5.69 Å². The average molecular weight is 432 g/mol. The summed E-state index contributed by atoms with van der Waals surface area (Å²) in [4.78, 5) is 27.5. The summed E-state index contributed by atoms with van der Waals surface area (Å²) in [6.45, 7) is 7.73. The number of fused-ring (bicyclic) bond motifs is 1. The maximum Gasteiger partial charge on any atom is 0.228 e. The molecule has 0 bridgehead atoms. The van der Waals surface area contributed by atoms with Crippen molar-refractivity contribution in [1.29, 1.82) is 0 Å². The third-order valence-corrected chi connectivity index (χ3v) is 6.40. The molecule has 5 rings (SSSR count). The van der Waals surface area contributed by atoms with Crippen LogP contribution in [0.1, 0.15) is 55.8 Å². The maximum absolute atomic E-state index is 12.4. The first kappa shape index (κ1) is 20.6. The van der Waals surface area contributed by atoms with Gasteiger partial charge in [0.25, 0.3) is 0 Å². The maximum atomic E-state index is 12.4. The molecule has 0 radical (unpaired) electrons. The van der Waals surface area contributed by atoms with E-state index in [9.17, 15) is 4.79 Å². The Hall–Kier alpha value is -3.29. The second kappa shape index (κ2) is 8.00. The molecule has 2 N–H and O–H groups in total. The Kier molecular flexibility index (Phi) is 5.15. The number of carbonyl (C=O) groups excluding carboxylic acids is 1.